The Kier molecular flexibility index (Phi) is 6.97. The molecule has 0 saturated carbocycles. The van der Waals surface area contributed by atoms with Crippen molar-refractivity contribution in [1.82, 2.24) is 9.66 Å². The van der Waals surface area contributed by atoms with Crippen molar-refractivity contribution in [1.29, 1.82) is 0 Å². The Hall–Kier alpha value is -2.91. The van der Waals surface area contributed by atoms with Gasteiger partial charge in [0.2, 0.25) is 0 Å². The van der Waals surface area contributed by atoms with Crippen LogP contribution >= 0.6 is 27.5 Å². The van der Waals surface area contributed by atoms with Crippen molar-refractivity contribution in [3.05, 3.63) is 61.6 Å². The number of carbonyl (C=O) groups is 1. The number of ether oxygens (including phenoxy) is 3. The lowest BCUT2D eigenvalue weighted by Gasteiger charge is -2.16. The van der Waals surface area contributed by atoms with E-state index in [9.17, 15) is 9.59 Å². The van der Waals surface area contributed by atoms with Crippen molar-refractivity contribution < 1.29 is 19.0 Å². The molecular formula is C21H19BrClN3O5. The predicted octanol–water partition coefficient (Wildman–Crippen LogP) is 3.95. The molecule has 8 nitrogen and oxygen atoms in total. The van der Waals surface area contributed by atoms with E-state index < -0.39 is 12.1 Å². The average Bonchev–Trinajstić information content (AvgIpc) is 2.74. The number of halogens is 2. The topological polar surface area (TPSA) is 92.0 Å². The molecule has 0 N–H and O–H groups in total. The number of hydrogen-bond acceptors (Lipinski definition) is 7. The standard InChI is InChI=1S/C21H19BrClN3O5/c1-11(21(28)30-4)31-19-16(23)7-13(8-18(19)29-3)10-24-26-12(2)25-17-6-5-14(22)9-15(17)20(26)27/h5-11H,1-4H3/t11-/m0/s1. The number of aryl methyl sites for hydroxylation is 1. The van der Waals surface area contributed by atoms with Crippen LogP contribution in [-0.4, -0.2) is 42.2 Å². The number of carbonyl (C=O) groups excluding carboxylic acids is 1. The SMILES string of the molecule is COC(=O)[C@H](C)Oc1c(Cl)cc(C=Nn2c(C)nc3ccc(Br)cc3c2=O)cc1OC. The molecule has 0 unspecified atom stereocenters. The number of hydrogen-bond donors (Lipinski definition) is 0. The van der Waals surface area contributed by atoms with Crippen LogP contribution in [0.3, 0.4) is 0 Å². The molecule has 2 aromatic carbocycles. The molecule has 0 amide bonds. The second-order valence-electron chi connectivity index (χ2n) is 6.50. The molecule has 31 heavy (non-hydrogen) atoms. The van der Waals surface area contributed by atoms with Gasteiger partial charge in [-0.05, 0) is 49.7 Å². The Bertz CT molecular complexity index is 1240. The van der Waals surface area contributed by atoms with E-state index in [0.717, 1.165) is 4.47 Å². The number of aromatic nitrogens is 2. The van der Waals surface area contributed by atoms with Gasteiger partial charge < -0.3 is 14.2 Å². The van der Waals surface area contributed by atoms with Gasteiger partial charge in [0.05, 0.1) is 36.4 Å². The first kappa shape index (κ1) is 22.8. The van der Waals surface area contributed by atoms with Gasteiger partial charge in [-0.15, -0.1) is 0 Å². The number of rotatable bonds is 6. The Morgan fingerprint density at radius 3 is 2.71 bits per heavy atom. The first-order chi connectivity index (χ1) is 14.7. The first-order valence-corrected chi connectivity index (χ1v) is 10.3. The fourth-order valence-corrected chi connectivity index (χ4v) is 3.46. The molecule has 3 rings (SSSR count). The number of methoxy groups -OCH3 is 2. The third kappa shape index (κ3) is 4.88. The Balaban J connectivity index is 1.99. The van der Waals surface area contributed by atoms with Gasteiger partial charge in [-0.3, -0.25) is 4.79 Å². The molecule has 0 radical (unpaired) electrons. The molecule has 0 fully saturated rings. The number of nitrogens with zero attached hydrogens (tertiary/aromatic N) is 3. The Morgan fingerprint density at radius 2 is 2.03 bits per heavy atom. The van der Waals surface area contributed by atoms with E-state index in [4.69, 9.17) is 21.1 Å². The molecule has 0 aliphatic carbocycles. The summed E-state index contributed by atoms with van der Waals surface area (Å²) >= 11 is 9.70. The van der Waals surface area contributed by atoms with Crippen LogP contribution in [0.4, 0.5) is 0 Å². The lowest BCUT2D eigenvalue weighted by atomic mass is 10.2. The minimum atomic E-state index is -0.875. The van der Waals surface area contributed by atoms with Crippen LogP contribution in [0.2, 0.25) is 5.02 Å². The predicted molar refractivity (Wildman–Crippen MR) is 122 cm³/mol. The highest BCUT2D eigenvalue weighted by Crippen LogP contribution is 2.36. The van der Waals surface area contributed by atoms with Crippen molar-refractivity contribution >= 4 is 50.6 Å². The zero-order valence-electron chi connectivity index (χ0n) is 17.2. The van der Waals surface area contributed by atoms with Gasteiger partial charge in [0.15, 0.2) is 17.6 Å². The van der Waals surface area contributed by atoms with Crippen LogP contribution in [0.25, 0.3) is 10.9 Å². The van der Waals surface area contributed by atoms with Gasteiger partial charge in [0, 0.05) is 4.47 Å². The number of benzene rings is 2. The third-order valence-corrected chi connectivity index (χ3v) is 5.15. The molecule has 0 spiro atoms. The molecular weight excluding hydrogens is 490 g/mol. The zero-order valence-corrected chi connectivity index (χ0v) is 19.5. The van der Waals surface area contributed by atoms with E-state index in [1.165, 1.54) is 32.0 Å². The second kappa shape index (κ2) is 9.49. The lowest BCUT2D eigenvalue weighted by Crippen LogP contribution is -2.25. The summed E-state index contributed by atoms with van der Waals surface area (Å²) in [7, 11) is 2.72. The minimum Gasteiger partial charge on any atom is -0.493 e. The summed E-state index contributed by atoms with van der Waals surface area (Å²) < 4.78 is 17.6. The van der Waals surface area contributed by atoms with E-state index in [1.807, 2.05) is 6.07 Å². The summed E-state index contributed by atoms with van der Waals surface area (Å²) in [6, 6.07) is 8.49. The Morgan fingerprint density at radius 1 is 1.29 bits per heavy atom. The summed E-state index contributed by atoms with van der Waals surface area (Å²) in [6.07, 6.45) is 0.585. The van der Waals surface area contributed by atoms with Gasteiger partial charge in [-0.1, -0.05) is 27.5 Å². The molecule has 0 saturated heterocycles. The molecule has 162 valence electrons. The van der Waals surface area contributed by atoms with E-state index in [-0.39, 0.29) is 16.3 Å². The van der Waals surface area contributed by atoms with Crippen molar-refractivity contribution in [2.45, 2.75) is 20.0 Å². The van der Waals surface area contributed by atoms with Gasteiger partial charge in [-0.2, -0.15) is 9.78 Å². The molecule has 10 heteroatoms. The normalized spacial score (nSPS) is 12.2. The largest absolute Gasteiger partial charge is 0.493 e. The minimum absolute atomic E-state index is 0.199. The molecule has 1 heterocycles. The summed E-state index contributed by atoms with van der Waals surface area (Å²) in [5.41, 5.74) is 0.841. The van der Waals surface area contributed by atoms with Gasteiger partial charge in [0.1, 0.15) is 5.82 Å². The lowest BCUT2D eigenvalue weighted by molar-refractivity contribution is -0.147. The van der Waals surface area contributed by atoms with E-state index in [0.29, 0.717) is 28.0 Å². The maximum Gasteiger partial charge on any atom is 0.346 e. The van der Waals surface area contributed by atoms with E-state index >= 15 is 0 Å². The maximum absolute atomic E-state index is 12.9. The highest BCUT2D eigenvalue weighted by Gasteiger charge is 2.20. The summed E-state index contributed by atoms with van der Waals surface area (Å²) in [5, 5.41) is 4.92. The molecule has 0 aliphatic rings. The molecule has 1 atom stereocenters. The highest BCUT2D eigenvalue weighted by atomic mass is 79.9. The molecule has 1 aromatic heterocycles. The quantitative estimate of drug-likeness (QED) is 0.370. The van der Waals surface area contributed by atoms with Crippen molar-refractivity contribution in [2.24, 2.45) is 5.10 Å². The summed E-state index contributed by atoms with van der Waals surface area (Å²) in [4.78, 5) is 28.9. The van der Waals surface area contributed by atoms with Gasteiger partial charge >= 0.3 is 5.97 Å². The second-order valence-corrected chi connectivity index (χ2v) is 7.82. The maximum atomic E-state index is 12.9. The highest BCUT2D eigenvalue weighted by molar-refractivity contribution is 9.10. The number of esters is 1. The van der Waals surface area contributed by atoms with Gasteiger partial charge in [-0.25, -0.2) is 9.78 Å². The van der Waals surface area contributed by atoms with E-state index in [1.54, 1.807) is 31.2 Å². The van der Waals surface area contributed by atoms with Crippen molar-refractivity contribution in [2.75, 3.05) is 14.2 Å². The first-order valence-electron chi connectivity index (χ1n) is 9.10. The molecule has 0 aliphatic heterocycles. The van der Waals surface area contributed by atoms with Crippen LogP contribution < -0.4 is 15.0 Å². The third-order valence-electron chi connectivity index (χ3n) is 4.37. The molecule has 0 bridgehead atoms. The zero-order chi connectivity index (χ0) is 22.7. The number of fused-ring (bicyclic) bond motifs is 1. The van der Waals surface area contributed by atoms with Crippen LogP contribution in [0.5, 0.6) is 11.5 Å². The Labute approximate surface area is 191 Å². The van der Waals surface area contributed by atoms with Crippen LogP contribution in [-0.2, 0) is 9.53 Å². The van der Waals surface area contributed by atoms with E-state index in [2.05, 4.69) is 30.8 Å². The fourth-order valence-electron chi connectivity index (χ4n) is 2.84. The fraction of sp³-hybridized carbons (Fsp3) is 0.238. The van der Waals surface area contributed by atoms with Crippen molar-refractivity contribution in [3.63, 3.8) is 0 Å². The average molecular weight is 509 g/mol. The van der Waals surface area contributed by atoms with Crippen LogP contribution in [0, 0.1) is 6.92 Å². The monoisotopic (exact) mass is 507 g/mol. The summed E-state index contributed by atoms with van der Waals surface area (Å²) in [5.74, 6) is 0.383. The van der Waals surface area contributed by atoms with Crippen LogP contribution in [0.1, 0.15) is 18.3 Å². The van der Waals surface area contributed by atoms with Crippen molar-refractivity contribution in [3.8, 4) is 11.5 Å². The summed E-state index contributed by atoms with van der Waals surface area (Å²) in [6.45, 7) is 3.23. The molecule has 3 aromatic rings. The van der Waals surface area contributed by atoms with Crippen LogP contribution in [0.15, 0.2) is 44.7 Å². The smallest absolute Gasteiger partial charge is 0.346 e. The van der Waals surface area contributed by atoms with Gasteiger partial charge in [0.25, 0.3) is 5.56 Å².